The maximum atomic E-state index is 13.5. The number of nitrogens with zero attached hydrogens (tertiary/aromatic N) is 8. The number of piperidine rings is 1. The molecule has 2 aliphatic rings. The first kappa shape index (κ1) is 26.6. The van der Waals surface area contributed by atoms with Crippen LogP contribution in [0.4, 0.5) is 5.95 Å². The zero-order valence-corrected chi connectivity index (χ0v) is 22.8. The normalized spacial score (nSPS) is 19.9. The number of aromatic nitrogens is 4. The van der Waals surface area contributed by atoms with Crippen LogP contribution < -0.4 is 10.4 Å². The van der Waals surface area contributed by atoms with Gasteiger partial charge in [0.05, 0.1) is 18.2 Å². The molecule has 0 aliphatic carbocycles. The number of anilines is 1. The van der Waals surface area contributed by atoms with Crippen LogP contribution in [0.25, 0.3) is 5.52 Å². The monoisotopic (exact) mass is 529 g/mol. The third-order valence-corrected chi connectivity index (χ3v) is 7.41. The van der Waals surface area contributed by atoms with Crippen molar-refractivity contribution in [3.05, 3.63) is 54.4 Å². The Labute approximate surface area is 228 Å². The summed E-state index contributed by atoms with van der Waals surface area (Å²) in [6.07, 6.45) is 11.0. The zero-order valence-electron chi connectivity index (χ0n) is 22.8. The number of pyridine rings is 1. The van der Waals surface area contributed by atoms with E-state index in [1.807, 2.05) is 17.0 Å². The summed E-state index contributed by atoms with van der Waals surface area (Å²) < 4.78 is 1.77. The van der Waals surface area contributed by atoms with Gasteiger partial charge in [-0.2, -0.15) is 10.2 Å². The number of fused-ring (bicyclic) bond motifs is 1. The number of likely N-dealkylation sites (tertiary alicyclic amines) is 2. The Morgan fingerprint density at radius 3 is 2.72 bits per heavy atom. The van der Waals surface area contributed by atoms with Gasteiger partial charge in [0.2, 0.25) is 11.9 Å². The Balaban J connectivity index is 1.28. The Bertz CT molecular complexity index is 1390. The van der Waals surface area contributed by atoms with Crippen LogP contribution in [0.15, 0.2) is 43.1 Å². The summed E-state index contributed by atoms with van der Waals surface area (Å²) in [5.74, 6) is 0.458. The van der Waals surface area contributed by atoms with Crippen LogP contribution in [0.5, 0.6) is 0 Å². The molecule has 2 fully saturated rings. The molecule has 11 heteroatoms. The summed E-state index contributed by atoms with van der Waals surface area (Å²) in [6.45, 7) is 9.54. The second kappa shape index (κ2) is 10.6. The molecule has 3 aromatic rings. The predicted molar refractivity (Wildman–Crippen MR) is 145 cm³/mol. The lowest BCUT2D eigenvalue weighted by Gasteiger charge is -2.39. The molecule has 0 bridgehead atoms. The highest BCUT2D eigenvalue weighted by atomic mass is 16.2. The Morgan fingerprint density at radius 2 is 1.97 bits per heavy atom. The van der Waals surface area contributed by atoms with Gasteiger partial charge in [-0.1, -0.05) is 20.8 Å². The van der Waals surface area contributed by atoms with Gasteiger partial charge < -0.3 is 4.90 Å². The van der Waals surface area contributed by atoms with Gasteiger partial charge in [-0.05, 0) is 48.9 Å². The third-order valence-electron chi connectivity index (χ3n) is 7.41. The Kier molecular flexibility index (Phi) is 7.23. The lowest BCUT2D eigenvalue weighted by molar-refractivity contribution is -0.140. The summed E-state index contributed by atoms with van der Waals surface area (Å²) >= 11 is 0. The molecule has 204 valence electrons. The maximum absolute atomic E-state index is 13.5. The van der Waals surface area contributed by atoms with Gasteiger partial charge >= 0.3 is 0 Å². The van der Waals surface area contributed by atoms with Crippen molar-refractivity contribution in [3.8, 4) is 6.07 Å². The van der Waals surface area contributed by atoms with Gasteiger partial charge in [0.25, 0.3) is 5.91 Å². The SMILES string of the molecule is CC(C)(C)CN(NC(=O)CN1CCCC2(CCN(Cc3ccncc3)C2=O)C1)c1nc(C#N)c2cnccn12. The first-order valence-corrected chi connectivity index (χ1v) is 13.4. The molecule has 5 rings (SSSR count). The van der Waals surface area contributed by atoms with Gasteiger partial charge in [-0.3, -0.25) is 39.3 Å². The molecular formula is C28H35N9O2. The van der Waals surface area contributed by atoms with Crippen LogP contribution in [-0.4, -0.2) is 73.7 Å². The van der Waals surface area contributed by atoms with E-state index in [0.717, 1.165) is 37.9 Å². The number of hydrogen-bond acceptors (Lipinski definition) is 8. The number of amides is 2. The quantitative estimate of drug-likeness (QED) is 0.463. The summed E-state index contributed by atoms with van der Waals surface area (Å²) in [6, 6.07) is 6.00. The molecule has 1 unspecified atom stereocenters. The molecule has 0 aromatic carbocycles. The average molecular weight is 530 g/mol. The van der Waals surface area contributed by atoms with Crippen molar-refractivity contribution in [3.63, 3.8) is 0 Å². The topological polar surface area (TPSA) is 123 Å². The number of nitriles is 1. The van der Waals surface area contributed by atoms with E-state index in [9.17, 15) is 14.9 Å². The third kappa shape index (κ3) is 5.71. The lowest BCUT2D eigenvalue weighted by atomic mass is 9.78. The van der Waals surface area contributed by atoms with Crippen LogP contribution in [0.2, 0.25) is 0 Å². The molecule has 5 heterocycles. The van der Waals surface area contributed by atoms with Gasteiger partial charge in [-0.15, -0.1) is 0 Å². The fourth-order valence-corrected chi connectivity index (χ4v) is 5.71. The summed E-state index contributed by atoms with van der Waals surface area (Å²) in [5.41, 5.74) is 4.34. The highest BCUT2D eigenvalue weighted by molar-refractivity contribution is 5.85. The van der Waals surface area contributed by atoms with Crippen molar-refractivity contribution in [2.75, 3.05) is 37.7 Å². The highest BCUT2D eigenvalue weighted by Gasteiger charge is 2.48. The zero-order chi connectivity index (χ0) is 27.6. The minimum atomic E-state index is -0.440. The second-order valence-electron chi connectivity index (χ2n) is 11.8. The van der Waals surface area contributed by atoms with E-state index in [0.29, 0.717) is 31.1 Å². The molecule has 1 N–H and O–H groups in total. The number of carbonyl (C=O) groups excluding carboxylic acids is 2. The van der Waals surface area contributed by atoms with Crippen molar-refractivity contribution in [1.29, 1.82) is 5.26 Å². The van der Waals surface area contributed by atoms with Gasteiger partial charge in [0.1, 0.15) is 11.6 Å². The van der Waals surface area contributed by atoms with E-state index in [4.69, 9.17) is 0 Å². The average Bonchev–Trinajstić information content (AvgIpc) is 3.42. The molecule has 3 aromatic heterocycles. The van der Waals surface area contributed by atoms with E-state index >= 15 is 0 Å². The van der Waals surface area contributed by atoms with Crippen molar-refractivity contribution in [2.45, 2.75) is 46.6 Å². The van der Waals surface area contributed by atoms with E-state index in [-0.39, 0.29) is 29.5 Å². The van der Waals surface area contributed by atoms with Crippen molar-refractivity contribution < 1.29 is 9.59 Å². The molecule has 0 radical (unpaired) electrons. The molecule has 2 amide bonds. The number of hydrazine groups is 1. The largest absolute Gasteiger partial charge is 0.338 e. The number of rotatable bonds is 7. The lowest BCUT2D eigenvalue weighted by Crippen LogP contribution is -2.54. The summed E-state index contributed by atoms with van der Waals surface area (Å²) in [4.78, 5) is 43.6. The van der Waals surface area contributed by atoms with Crippen molar-refractivity contribution in [1.82, 2.24) is 34.6 Å². The molecule has 1 spiro atoms. The van der Waals surface area contributed by atoms with Gasteiger partial charge in [0, 0.05) is 51.0 Å². The smallest absolute Gasteiger partial charge is 0.252 e. The highest BCUT2D eigenvalue weighted by Crippen LogP contribution is 2.40. The van der Waals surface area contributed by atoms with Crippen LogP contribution in [0, 0.1) is 22.2 Å². The van der Waals surface area contributed by atoms with Crippen LogP contribution >= 0.6 is 0 Å². The maximum Gasteiger partial charge on any atom is 0.252 e. The van der Waals surface area contributed by atoms with Crippen LogP contribution in [0.1, 0.15) is 51.3 Å². The minimum absolute atomic E-state index is 0.164. The van der Waals surface area contributed by atoms with Crippen LogP contribution in [-0.2, 0) is 16.1 Å². The fourth-order valence-electron chi connectivity index (χ4n) is 5.71. The number of imidazole rings is 1. The molecule has 1 atom stereocenters. The van der Waals surface area contributed by atoms with E-state index < -0.39 is 5.41 Å². The summed E-state index contributed by atoms with van der Waals surface area (Å²) in [7, 11) is 0. The first-order chi connectivity index (χ1) is 18.7. The Hall–Kier alpha value is -4.04. The molecule has 39 heavy (non-hydrogen) atoms. The number of hydrogen-bond donors (Lipinski definition) is 1. The number of nitrogens with one attached hydrogen (secondary N) is 1. The van der Waals surface area contributed by atoms with Crippen molar-refractivity contribution in [2.24, 2.45) is 10.8 Å². The van der Waals surface area contributed by atoms with E-state index in [1.165, 1.54) is 0 Å². The van der Waals surface area contributed by atoms with E-state index in [2.05, 4.69) is 52.1 Å². The van der Waals surface area contributed by atoms with Gasteiger partial charge in [-0.25, -0.2) is 0 Å². The van der Waals surface area contributed by atoms with E-state index in [1.54, 1.807) is 40.4 Å². The van der Waals surface area contributed by atoms with Gasteiger partial charge in [0.15, 0.2) is 5.69 Å². The second-order valence-corrected chi connectivity index (χ2v) is 11.8. The molecule has 2 saturated heterocycles. The van der Waals surface area contributed by atoms with Crippen LogP contribution in [0.3, 0.4) is 0 Å². The summed E-state index contributed by atoms with van der Waals surface area (Å²) in [5, 5.41) is 11.3. The first-order valence-electron chi connectivity index (χ1n) is 13.4. The number of carbonyl (C=O) groups is 2. The van der Waals surface area contributed by atoms with Crippen molar-refractivity contribution >= 4 is 23.3 Å². The minimum Gasteiger partial charge on any atom is -0.338 e. The standard InChI is InChI=1S/C28H35N9O2/c1-27(2,3)19-37(26-32-22(15-29)23-16-31-11-14-36(23)26)33-24(38)18-34-12-4-7-28(20-34)8-13-35(25(28)39)17-21-5-9-30-10-6-21/h5-6,9-11,14,16H,4,7-8,12-13,17-20H2,1-3H3,(H,33,38). The molecular weight excluding hydrogens is 494 g/mol. The predicted octanol–water partition coefficient (Wildman–Crippen LogP) is 2.39. The molecule has 2 aliphatic heterocycles. The molecule has 0 saturated carbocycles. The fraction of sp³-hybridized carbons (Fsp3) is 0.500. The molecule has 11 nitrogen and oxygen atoms in total. The Morgan fingerprint density at radius 1 is 1.18 bits per heavy atom.